The molecule has 1 aliphatic carbocycles. The van der Waals surface area contributed by atoms with Gasteiger partial charge in [-0.05, 0) is 24.3 Å². The Bertz CT molecular complexity index is 730. The van der Waals surface area contributed by atoms with Crippen LogP contribution in [-0.2, 0) is 11.3 Å². The van der Waals surface area contributed by atoms with Gasteiger partial charge in [0.05, 0.1) is 11.7 Å². The molecule has 1 aliphatic rings. The molecular formula is C18H18F3N2O+. The van der Waals surface area contributed by atoms with Gasteiger partial charge >= 0.3 is 0 Å². The molecule has 3 nitrogen and oxygen atoms in total. The van der Waals surface area contributed by atoms with Crippen LogP contribution in [0, 0.1) is 17.5 Å². The third-order valence-corrected chi connectivity index (χ3v) is 4.09. The van der Waals surface area contributed by atoms with Gasteiger partial charge in [0, 0.05) is 24.5 Å². The SMILES string of the molecule is O=C(C[NH+](Cc1ccc(F)cc1)C1CC1)Nc1ccc(F)cc1F. The molecule has 2 aromatic rings. The summed E-state index contributed by atoms with van der Waals surface area (Å²) in [5, 5.41) is 2.48. The maximum absolute atomic E-state index is 13.6. The second-order valence-corrected chi connectivity index (χ2v) is 6.08. The number of amides is 1. The van der Waals surface area contributed by atoms with E-state index < -0.39 is 11.6 Å². The minimum absolute atomic E-state index is 0.0293. The number of rotatable bonds is 6. The second-order valence-electron chi connectivity index (χ2n) is 6.08. The Hall–Kier alpha value is -2.34. The van der Waals surface area contributed by atoms with E-state index in [2.05, 4.69) is 5.32 Å². The van der Waals surface area contributed by atoms with Crippen molar-refractivity contribution in [2.45, 2.75) is 25.4 Å². The fourth-order valence-electron chi connectivity index (χ4n) is 2.70. The van der Waals surface area contributed by atoms with Crippen molar-refractivity contribution in [2.75, 3.05) is 11.9 Å². The van der Waals surface area contributed by atoms with Crippen LogP contribution in [0.15, 0.2) is 42.5 Å². The summed E-state index contributed by atoms with van der Waals surface area (Å²) >= 11 is 0. The summed E-state index contributed by atoms with van der Waals surface area (Å²) in [5.41, 5.74) is 0.914. The first-order valence-corrected chi connectivity index (χ1v) is 7.85. The van der Waals surface area contributed by atoms with Crippen molar-refractivity contribution in [3.63, 3.8) is 0 Å². The third-order valence-electron chi connectivity index (χ3n) is 4.09. The van der Waals surface area contributed by atoms with Gasteiger partial charge in [0.1, 0.15) is 24.0 Å². The highest BCUT2D eigenvalue weighted by Crippen LogP contribution is 2.17. The number of quaternary nitrogens is 1. The number of hydrogen-bond donors (Lipinski definition) is 2. The maximum Gasteiger partial charge on any atom is 0.279 e. The van der Waals surface area contributed by atoms with Gasteiger partial charge in [-0.3, -0.25) is 4.79 Å². The molecule has 2 N–H and O–H groups in total. The molecule has 0 heterocycles. The Morgan fingerprint density at radius 2 is 1.71 bits per heavy atom. The highest BCUT2D eigenvalue weighted by Gasteiger charge is 2.34. The zero-order valence-corrected chi connectivity index (χ0v) is 13.0. The van der Waals surface area contributed by atoms with Crippen molar-refractivity contribution in [2.24, 2.45) is 0 Å². The number of carbonyl (C=O) groups excluding carboxylic acids is 1. The molecule has 0 aromatic heterocycles. The van der Waals surface area contributed by atoms with Crippen LogP contribution in [0.2, 0.25) is 0 Å². The molecule has 0 radical (unpaired) electrons. The maximum atomic E-state index is 13.6. The van der Waals surface area contributed by atoms with E-state index >= 15 is 0 Å². The van der Waals surface area contributed by atoms with Crippen LogP contribution in [0.3, 0.4) is 0 Å². The van der Waals surface area contributed by atoms with Crippen LogP contribution in [0.25, 0.3) is 0 Å². The monoisotopic (exact) mass is 335 g/mol. The average molecular weight is 335 g/mol. The quantitative estimate of drug-likeness (QED) is 0.834. The fraction of sp³-hybridized carbons (Fsp3) is 0.278. The molecule has 1 saturated carbocycles. The fourth-order valence-corrected chi connectivity index (χ4v) is 2.70. The molecule has 0 bridgehead atoms. The third kappa shape index (κ3) is 4.35. The van der Waals surface area contributed by atoms with Crippen LogP contribution < -0.4 is 10.2 Å². The predicted molar refractivity (Wildman–Crippen MR) is 83.9 cm³/mol. The number of halogens is 3. The smallest absolute Gasteiger partial charge is 0.279 e. The van der Waals surface area contributed by atoms with Crippen molar-refractivity contribution < 1.29 is 22.9 Å². The van der Waals surface area contributed by atoms with Gasteiger partial charge in [-0.25, -0.2) is 13.2 Å². The predicted octanol–water partition coefficient (Wildman–Crippen LogP) is 2.29. The summed E-state index contributed by atoms with van der Waals surface area (Å²) < 4.78 is 39.5. The van der Waals surface area contributed by atoms with Crippen molar-refractivity contribution in [1.82, 2.24) is 0 Å². The van der Waals surface area contributed by atoms with Gasteiger partial charge in [-0.1, -0.05) is 12.1 Å². The molecule has 3 rings (SSSR count). The van der Waals surface area contributed by atoms with E-state index in [1.165, 1.54) is 18.2 Å². The molecule has 0 saturated heterocycles. The molecule has 0 spiro atoms. The van der Waals surface area contributed by atoms with Crippen LogP contribution in [0.1, 0.15) is 18.4 Å². The highest BCUT2D eigenvalue weighted by molar-refractivity contribution is 5.91. The zero-order valence-electron chi connectivity index (χ0n) is 13.0. The molecule has 126 valence electrons. The summed E-state index contributed by atoms with van der Waals surface area (Å²) in [6.45, 7) is 0.781. The number of anilines is 1. The van der Waals surface area contributed by atoms with E-state index in [9.17, 15) is 18.0 Å². The first-order chi connectivity index (χ1) is 11.5. The van der Waals surface area contributed by atoms with E-state index in [4.69, 9.17) is 0 Å². The van der Waals surface area contributed by atoms with Gasteiger partial charge in [-0.15, -0.1) is 0 Å². The van der Waals surface area contributed by atoms with Crippen molar-refractivity contribution in [3.05, 3.63) is 65.5 Å². The van der Waals surface area contributed by atoms with Gasteiger partial charge in [0.2, 0.25) is 0 Å². The Kier molecular flexibility index (Phi) is 4.85. The van der Waals surface area contributed by atoms with E-state index in [-0.39, 0.29) is 24.0 Å². The minimum atomic E-state index is -0.796. The average Bonchev–Trinajstić information content (AvgIpc) is 3.36. The molecule has 6 heteroatoms. The molecule has 1 amide bonds. The molecule has 2 aromatic carbocycles. The number of benzene rings is 2. The zero-order chi connectivity index (χ0) is 17.1. The second kappa shape index (κ2) is 7.05. The van der Waals surface area contributed by atoms with Gasteiger partial charge in [0.15, 0.2) is 6.54 Å². The summed E-state index contributed by atoms with van der Waals surface area (Å²) in [6, 6.07) is 9.63. The first kappa shape index (κ1) is 16.5. The Balaban J connectivity index is 1.62. The summed E-state index contributed by atoms with van der Waals surface area (Å²) in [5.74, 6) is -2.11. The first-order valence-electron chi connectivity index (χ1n) is 7.85. The highest BCUT2D eigenvalue weighted by atomic mass is 19.1. The minimum Gasteiger partial charge on any atom is -0.321 e. The van der Waals surface area contributed by atoms with E-state index in [0.717, 1.165) is 35.4 Å². The standard InChI is InChI=1S/C18H17F3N2O/c19-13-3-1-12(2-4-13)10-23(15-6-7-15)11-18(24)22-17-8-5-14(20)9-16(17)21/h1-5,8-9,15H,6-7,10-11H2,(H,22,24)/p+1. The summed E-state index contributed by atoms with van der Waals surface area (Å²) in [7, 11) is 0. The lowest BCUT2D eigenvalue weighted by atomic mass is 10.2. The van der Waals surface area contributed by atoms with Crippen LogP contribution in [0.5, 0.6) is 0 Å². The lowest BCUT2D eigenvalue weighted by Gasteiger charge is -2.19. The normalized spacial score (nSPS) is 15.1. The molecule has 1 atom stereocenters. The van der Waals surface area contributed by atoms with E-state index in [1.807, 2.05) is 0 Å². The number of carbonyl (C=O) groups is 1. The van der Waals surface area contributed by atoms with E-state index in [1.54, 1.807) is 12.1 Å². The van der Waals surface area contributed by atoms with E-state index in [0.29, 0.717) is 12.6 Å². The lowest BCUT2D eigenvalue weighted by molar-refractivity contribution is -0.916. The largest absolute Gasteiger partial charge is 0.321 e. The van der Waals surface area contributed by atoms with Crippen LogP contribution in [-0.4, -0.2) is 18.5 Å². The van der Waals surface area contributed by atoms with Gasteiger partial charge in [-0.2, -0.15) is 0 Å². The Morgan fingerprint density at radius 1 is 1.04 bits per heavy atom. The lowest BCUT2D eigenvalue weighted by Crippen LogP contribution is -3.13. The molecular weight excluding hydrogens is 317 g/mol. The number of nitrogens with one attached hydrogen (secondary N) is 2. The van der Waals surface area contributed by atoms with Crippen molar-refractivity contribution in [1.29, 1.82) is 0 Å². The van der Waals surface area contributed by atoms with Gasteiger partial charge in [0.25, 0.3) is 5.91 Å². The topological polar surface area (TPSA) is 33.5 Å². The van der Waals surface area contributed by atoms with Crippen molar-refractivity contribution >= 4 is 11.6 Å². The van der Waals surface area contributed by atoms with Crippen LogP contribution in [0.4, 0.5) is 18.9 Å². The number of hydrogen-bond acceptors (Lipinski definition) is 1. The van der Waals surface area contributed by atoms with Crippen LogP contribution >= 0.6 is 0 Å². The molecule has 1 unspecified atom stereocenters. The molecule has 24 heavy (non-hydrogen) atoms. The summed E-state index contributed by atoms with van der Waals surface area (Å²) in [6.07, 6.45) is 2.07. The molecule has 0 aliphatic heterocycles. The Labute approximate surface area is 138 Å². The summed E-state index contributed by atoms with van der Waals surface area (Å²) in [4.78, 5) is 13.2. The molecule has 1 fully saturated rings. The Morgan fingerprint density at radius 3 is 2.33 bits per heavy atom. The van der Waals surface area contributed by atoms with Crippen molar-refractivity contribution in [3.8, 4) is 0 Å². The van der Waals surface area contributed by atoms with Gasteiger partial charge < -0.3 is 10.2 Å².